The maximum absolute atomic E-state index is 8.98. The number of hydrogen-bond acceptors (Lipinski definition) is 6. The van der Waals surface area contributed by atoms with Crippen molar-refractivity contribution < 1.29 is 0 Å². The molecule has 0 amide bonds. The lowest BCUT2D eigenvalue weighted by atomic mass is 10.2. The van der Waals surface area contributed by atoms with E-state index in [1.165, 1.54) is 5.56 Å². The second-order valence-corrected chi connectivity index (χ2v) is 5.58. The minimum atomic E-state index is 0.503. The molecule has 2 aromatic heterocycles. The minimum absolute atomic E-state index is 0.503. The van der Waals surface area contributed by atoms with Crippen LogP contribution >= 0.6 is 0 Å². The van der Waals surface area contributed by atoms with Crippen molar-refractivity contribution in [3.05, 3.63) is 72.2 Å². The summed E-state index contributed by atoms with van der Waals surface area (Å²) in [5, 5.41) is 12.1. The normalized spacial score (nSPS) is 10.1. The molecular formula is C19H18N6. The Hall–Kier alpha value is -3.46. The summed E-state index contributed by atoms with van der Waals surface area (Å²) in [5.41, 5.74) is 2.62. The summed E-state index contributed by atoms with van der Waals surface area (Å²) < 4.78 is 0. The van der Waals surface area contributed by atoms with Gasteiger partial charge in [-0.25, -0.2) is 4.98 Å². The van der Waals surface area contributed by atoms with Gasteiger partial charge >= 0.3 is 0 Å². The van der Waals surface area contributed by atoms with Gasteiger partial charge in [0, 0.05) is 37.9 Å². The number of nitrogens with one attached hydrogen (secondary N) is 1. The lowest BCUT2D eigenvalue weighted by molar-refractivity contribution is 0.855. The summed E-state index contributed by atoms with van der Waals surface area (Å²) in [6, 6.07) is 15.3. The highest BCUT2D eigenvalue weighted by Crippen LogP contribution is 2.17. The molecule has 0 spiro atoms. The van der Waals surface area contributed by atoms with Crippen molar-refractivity contribution in [1.29, 1.82) is 5.26 Å². The number of anilines is 3. The number of aromatic nitrogens is 3. The summed E-state index contributed by atoms with van der Waals surface area (Å²) >= 11 is 0. The van der Waals surface area contributed by atoms with E-state index in [2.05, 4.69) is 31.2 Å². The van der Waals surface area contributed by atoms with Crippen molar-refractivity contribution in [3.63, 3.8) is 0 Å². The Morgan fingerprint density at radius 3 is 2.76 bits per heavy atom. The molecule has 0 aliphatic carbocycles. The second-order valence-electron chi connectivity index (χ2n) is 5.58. The summed E-state index contributed by atoms with van der Waals surface area (Å²) in [4.78, 5) is 14.9. The van der Waals surface area contributed by atoms with Crippen LogP contribution in [-0.2, 0) is 6.42 Å². The van der Waals surface area contributed by atoms with Crippen LogP contribution in [0.3, 0.4) is 0 Å². The predicted molar refractivity (Wildman–Crippen MR) is 97.7 cm³/mol. The smallest absolute Gasteiger partial charge is 0.229 e. The molecule has 1 aromatic carbocycles. The molecule has 6 heteroatoms. The number of rotatable bonds is 6. The summed E-state index contributed by atoms with van der Waals surface area (Å²) in [5.74, 6) is 1.34. The summed E-state index contributed by atoms with van der Waals surface area (Å²) in [7, 11) is 2.00. The van der Waals surface area contributed by atoms with Gasteiger partial charge in [-0.15, -0.1) is 0 Å². The van der Waals surface area contributed by atoms with E-state index in [4.69, 9.17) is 5.26 Å². The van der Waals surface area contributed by atoms with Crippen molar-refractivity contribution in [1.82, 2.24) is 15.0 Å². The van der Waals surface area contributed by atoms with Crippen LogP contribution in [0, 0.1) is 11.3 Å². The fraction of sp³-hybridized carbons (Fsp3) is 0.158. The Bertz CT molecular complexity index is 872. The van der Waals surface area contributed by atoms with Crippen LogP contribution in [0.5, 0.6) is 0 Å². The molecule has 1 N–H and O–H groups in total. The molecule has 124 valence electrons. The maximum atomic E-state index is 8.98. The van der Waals surface area contributed by atoms with Crippen molar-refractivity contribution in [3.8, 4) is 6.07 Å². The van der Waals surface area contributed by atoms with Crippen molar-refractivity contribution in [2.45, 2.75) is 6.42 Å². The molecule has 3 aromatic rings. The molecule has 0 bridgehead atoms. The van der Waals surface area contributed by atoms with E-state index in [0.717, 1.165) is 24.5 Å². The van der Waals surface area contributed by atoms with E-state index in [9.17, 15) is 0 Å². The average Bonchev–Trinajstić information content (AvgIpc) is 2.67. The molecule has 25 heavy (non-hydrogen) atoms. The van der Waals surface area contributed by atoms with Crippen LogP contribution in [-0.4, -0.2) is 28.5 Å². The SMILES string of the molecule is CN(CCc1ccncc1)c1ccnc(Nc2cccc(C#N)c2)n1. The quantitative estimate of drug-likeness (QED) is 0.748. The first-order chi connectivity index (χ1) is 12.2. The van der Waals surface area contributed by atoms with E-state index in [0.29, 0.717) is 11.5 Å². The largest absolute Gasteiger partial charge is 0.359 e. The zero-order chi connectivity index (χ0) is 17.5. The number of likely N-dealkylation sites (N-methyl/N-ethyl adjacent to an activating group) is 1. The van der Waals surface area contributed by atoms with E-state index < -0.39 is 0 Å². The molecule has 0 saturated carbocycles. The number of benzene rings is 1. The van der Waals surface area contributed by atoms with Gasteiger partial charge in [0.05, 0.1) is 11.6 Å². The summed E-state index contributed by atoms with van der Waals surface area (Å²) in [6.45, 7) is 0.838. The molecule has 6 nitrogen and oxygen atoms in total. The van der Waals surface area contributed by atoms with E-state index >= 15 is 0 Å². The van der Waals surface area contributed by atoms with Gasteiger partial charge in [0.1, 0.15) is 5.82 Å². The molecule has 0 saturated heterocycles. The topological polar surface area (TPSA) is 77.7 Å². The molecule has 0 aliphatic rings. The first kappa shape index (κ1) is 16.4. The van der Waals surface area contributed by atoms with Crippen LogP contribution < -0.4 is 10.2 Å². The van der Waals surface area contributed by atoms with Crippen LogP contribution in [0.15, 0.2) is 61.1 Å². The fourth-order valence-electron chi connectivity index (χ4n) is 2.38. The molecule has 0 aliphatic heterocycles. The molecule has 0 radical (unpaired) electrons. The summed E-state index contributed by atoms with van der Waals surface area (Å²) in [6.07, 6.45) is 6.24. The molecule has 3 rings (SSSR count). The van der Waals surface area contributed by atoms with Gasteiger partial charge in [0.2, 0.25) is 5.95 Å². The monoisotopic (exact) mass is 330 g/mol. The molecular weight excluding hydrogens is 312 g/mol. The van der Waals surface area contributed by atoms with E-state index in [1.54, 1.807) is 30.7 Å². The third-order valence-electron chi connectivity index (χ3n) is 3.77. The third kappa shape index (κ3) is 4.52. The molecule has 0 unspecified atom stereocenters. The van der Waals surface area contributed by atoms with Gasteiger partial charge in [0.25, 0.3) is 0 Å². The maximum Gasteiger partial charge on any atom is 0.229 e. The highest BCUT2D eigenvalue weighted by molar-refractivity contribution is 5.57. The van der Waals surface area contributed by atoms with Gasteiger partial charge < -0.3 is 10.2 Å². The van der Waals surface area contributed by atoms with Crippen LogP contribution in [0.1, 0.15) is 11.1 Å². The first-order valence-corrected chi connectivity index (χ1v) is 7.95. The molecule has 0 atom stereocenters. The fourth-order valence-corrected chi connectivity index (χ4v) is 2.38. The Morgan fingerprint density at radius 1 is 1.12 bits per heavy atom. The highest BCUT2D eigenvalue weighted by Gasteiger charge is 2.06. The Morgan fingerprint density at radius 2 is 1.96 bits per heavy atom. The Balaban J connectivity index is 1.67. The van der Waals surface area contributed by atoms with Gasteiger partial charge in [-0.05, 0) is 48.4 Å². The zero-order valence-corrected chi connectivity index (χ0v) is 13.9. The lowest BCUT2D eigenvalue weighted by Gasteiger charge is -2.18. The standard InChI is InChI=1S/C19H18N6/c1-25(12-8-15-5-9-21-10-6-15)18-7-11-22-19(24-18)23-17-4-2-3-16(13-17)14-20/h2-7,9-11,13H,8,12H2,1H3,(H,22,23,24). The van der Waals surface area contributed by atoms with E-state index in [-0.39, 0.29) is 0 Å². The van der Waals surface area contributed by atoms with Gasteiger partial charge in [-0.1, -0.05) is 6.07 Å². The van der Waals surface area contributed by atoms with Gasteiger partial charge in [-0.3, -0.25) is 4.98 Å². The van der Waals surface area contributed by atoms with Crippen molar-refractivity contribution >= 4 is 17.5 Å². The Labute approximate surface area is 146 Å². The minimum Gasteiger partial charge on any atom is -0.359 e. The van der Waals surface area contributed by atoms with Crippen LogP contribution in [0.4, 0.5) is 17.5 Å². The Kier molecular flexibility index (Phi) is 5.17. The number of pyridine rings is 1. The van der Waals surface area contributed by atoms with Gasteiger partial charge in [0.15, 0.2) is 0 Å². The van der Waals surface area contributed by atoms with Gasteiger partial charge in [-0.2, -0.15) is 10.2 Å². The highest BCUT2D eigenvalue weighted by atomic mass is 15.2. The van der Waals surface area contributed by atoms with Crippen LogP contribution in [0.25, 0.3) is 0 Å². The molecule has 2 heterocycles. The van der Waals surface area contributed by atoms with Crippen molar-refractivity contribution in [2.24, 2.45) is 0 Å². The zero-order valence-electron chi connectivity index (χ0n) is 13.9. The average molecular weight is 330 g/mol. The number of hydrogen-bond donors (Lipinski definition) is 1. The number of nitriles is 1. The second kappa shape index (κ2) is 7.88. The van der Waals surface area contributed by atoms with E-state index in [1.807, 2.05) is 37.4 Å². The lowest BCUT2D eigenvalue weighted by Crippen LogP contribution is -2.21. The first-order valence-electron chi connectivity index (χ1n) is 7.95. The van der Waals surface area contributed by atoms with Crippen LogP contribution in [0.2, 0.25) is 0 Å². The van der Waals surface area contributed by atoms with Crippen molar-refractivity contribution in [2.75, 3.05) is 23.8 Å². The molecule has 0 fully saturated rings. The predicted octanol–water partition coefficient (Wildman–Crippen LogP) is 3.17. The third-order valence-corrected chi connectivity index (χ3v) is 3.77. The number of nitrogens with zero attached hydrogens (tertiary/aromatic N) is 5.